The van der Waals surface area contributed by atoms with Gasteiger partial charge in [0, 0.05) is 18.0 Å². The minimum atomic E-state index is -1.00. The highest BCUT2D eigenvalue weighted by molar-refractivity contribution is 5.79. The van der Waals surface area contributed by atoms with Crippen LogP contribution in [0.2, 0.25) is 0 Å². The van der Waals surface area contributed by atoms with Gasteiger partial charge in [-0.25, -0.2) is 4.99 Å². The molecule has 1 aromatic heterocycles. The minimum absolute atomic E-state index is 0.270. The van der Waals surface area contributed by atoms with Crippen LogP contribution in [-0.2, 0) is 5.79 Å². The Balaban J connectivity index is 2.37. The fourth-order valence-corrected chi connectivity index (χ4v) is 1.13. The summed E-state index contributed by atoms with van der Waals surface area (Å²) in [7, 11) is 0. The maximum Gasteiger partial charge on any atom is 0.210 e. The number of nitrogens with zero attached hydrogens (tertiary/aromatic N) is 2. The van der Waals surface area contributed by atoms with Crippen LogP contribution in [0.4, 0.5) is 0 Å². The second-order valence-corrected chi connectivity index (χ2v) is 2.76. The quantitative estimate of drug-likeness (QED) is 0.422. The van der Waals surface area contributed by atoms with Crippen molar-refractivity contribution in [2.45, 2.75) is 5.79 Å². The predicted molar refractivity (Wildman–Crippen MR) is 48.0 cm³/mol. The van der Waals surface area contributed by atoms with E-state index in [0.717, 1.165) is 5.56 Å². The molecule has 0 radical (unpaired) electrons. The molecule has 13 heavy (non-hydrogen) atoms. The van der Waals surface area contributed by atoms with Gasteiger partial charge in [0.25, 0.3) is 0 Å². The Morgan fingerprint density at radius 3 is 2.85 bits per heavy atom. The normalized spacial score (nSPS) is 26.7. The molecule has 6 heteroatoms. The van der Waals surface area contributed by atoms with E-state index in [1.54, 1.807) is 18.5 Å². The van der Waals surface area contributed by atoms with Crippen LogP contribution < -0.4 is 22.3 Å². The molecule has 0 aliphatic carbocycles. The molecule has 0 fully saturated rings. The molecule has 2 heterocycles. The average Bonchev–Trinajstić information content (AvgIpc) is 2.49. The van der Waals surface area contributed by atoms with Crippen LogP contribution in [0.3, 0.4) is 0 Å². The topological polar surface area (TPSA) is 101 Å². The fraction of sp³-hybridized carbons (Fsp3) is 0.143. The molecule has 6 N–H and O–H groups in total. The Kier molecular flexibility index (Phi) is 1.64. The largest absolute Gasteiger partial charge is 0.369 e. The summed E-state index contributed by atoms with van der Waals surface area (Å²) >= 11 is 0. The summed E-state index contributed by atoms with van der Waals surface area (Å²) in [6.45, 7) is 0. The van der Waals surface area contributed by atoms with E-state index in [9.17, 15) is 0 Å². The van der Waals surface area contributed by atoms with E-state index >= 15 is 0 Å². The number of rotatable bonds is 1. The number of aliphatic imine (C=N–C) groups is 1. The Hall–Kier alpha value is -1.66. The third-order valence-corrected chi connectivity index (χ3v) is 1.78. The lowest BCUT2D eigenvalue weighted by Crippen LogP contribution is -2.50. The van der Waals surface area contributed by atoms with Crippen LogP contribution in [-0.4, -0.2) is 10.9 Å². The first kappa shape index (κ1) is 7.96. The first-order valence-corrected chi connectivity index (χ1v) is 3.78. The number of guanidine groups is 1. The van der Waals surface area contributed by atoms with E-state index in [0.29, 0.717) is 0 Å². The number of pyridine rings is 1. The van der Waals surface area contributed by atoms with Crippen LogP contribution in [0.1, 0.15) is 5.56 Å². The van der Waals surface area contributed by atoms with Gasteiger partial charge < -0.3 is 5.73 Å². The summed E-state index contributed by atoms with van der Waals surface area (Å²) < 4.78 is 0. The van der Waals surface area contributed by atoms with Crippen LogP contribution in [0, 0.1) is 0 Å². The summed E-state index contributed by atoms with van der Waals surface area (Å²) in [6.07, 6.45) is 3.30. The fourth-order valence-electron chi connectivity index (χ4n) is 1.13. The van der Waals surface area contributed by atoms with Gasteiger partial charge in [-0.2, -0.15) is 5.43 Å². The van der Waals surface area contributed by atoms with Crippen molar-refractivity contribution in [1.29, 1.82) is 0 Å². The van der Waals surface area contributed by atoms with Crippen molar-refractivity contribution in [2.75, 3.05) is 0 Å². The molecular weight excluding hydrogens is 168 g/mol. The zero-order valence-electron chi connectivity index (χ0n) is 6.86. The van der Waals surface area contributed by atoms with Crippen LogP contribution in [0.25, 0.3) is 0 Å². The molecule has 0 saturated heterocycles. The monoisotopic (exact) mass is 178 g/mol. The predicted octanol–water partition coefficient (Wildman–Crippen LogP) is -1.43. The summed E-state index contributed by atoms with van der Waals surface area (Å²) in [6, 6.07) is 3.61. The molecule has 1 aromatic rings. The molecule has 0 bridgehead atoms. The number of hydrazine groups is 1. The maximum absolute atomic E-state index is 5.89. The second-order valence-electron chi connectivity index (χ2n) is 2.76. The van der Waals surface area contributed by atoms with Gasteiger partial charge in [-0.05, 0) is 6.07 Å². The van der Waals surface area contributed by atoms with Crippen LogP contribution >= 0.6 is 0 Å². The van der Waals surface area contributed by atoms with E-state index in [1.807, 2.05) is 6.07 Å². The zero-order chi connectivity index (χ0) is 9.31. The zero-order valence-corrected chi connectivity index (χ0v) is 6.86. The third kappa shape index (κ3) is 1.32. The van der Waals surface area contributed by atoms with Crippen molar-refractivity contribution < 1.29 is 0 Å². The van der Waals surface area contributed by atoms with Crippen LogP contribution in [0.5, 0.6) is 0 Å². The van der Waals surface area contributed by atoms with Crippen molar-refractivity contribution in [1.82, 2.24) is 15.8 Å². The summed E-state index contributed by atoms with van der Waals surface area (Å²) in [5.41, 5.74) is 17.5. The molecule has 68 valence electrons. The number of hydrogen-bond acceptors (Lipinski definition) is 6. The lowest BCUT2D eigenvalue weighted by molar-refractivity contribution is 0.374. The van der Waals surface area contributed by atoms with Gasteiger partial charge in [-0.1, -0.05) is 6.07 Å². The number of nitrogens with one attached hydrogen (secondary N) is 2. The van der Waals surface area contributed by atoms with Gasteiger partial charge in [0.05, 0.1) is 0 Å². The smallest absolute Gasteiger partial charge is 0.210 e. The molecule has 6 nitrogen and oxygen atoms in total. The molecular formula is C7H10N6. The Morgan fingerprint density at radius 1 is 1.46 bits per heavy atom. The molecule has 2 rings (SSSR count). The van der Waals surface area contributed by atoms with E-state index in [4.69, 9.17) is 11.5 Å². The second kappa shape index (κ2) is 2.68. The van der Waals surface area contributed by atoms with Crippen molar-refractivity contribution in [3.63, 3.8) is 0 Å². The molecule has 1 aliphatic rings. The molecule has 1 unspecified atom stereocenters. The molecule has 0 amide bonds. The first-order valence-electron chi connectivity index (χ1n) is 3.78. The van der Waals surface area contributed by atoms with Crippen LogP contribution in [0.15, 0.2) is 29.5 Å². The van der Waals surface area contributed by atoms with Gasteiger partial charge in [0.1, 0.15) is 0 Å². The van der Waals surface area contributed by atoms with Crippen molar-refractivity contribution in [3.05, 3.63) is 30.1 Å². The van der Waals surface area contributed by atoms with Gasteiger partial charge in [0.2, 0.25) is 11.7 Å². The first-order chi connectivity index (χ1) is 6.21. The van der Waals surface area contributed by atoms with E-state index in [-0.39, 0.29) is 5.96 Å². The Labute approximate surface area is 75.0 Å². The van der Waals surface area contributed by atoms with Crippen molar-refractivity contribution in [3.8, 4) is 0 Å². The lowest BCUT2D eigenvalue weighted by atomic mass is 10.2. The average molecular weight is 178 g/mol. The molecule has 0 aromatic carbocycles. The maximum atomic E-state index is 5.89. The molecule has 0 saturated carbocycles. The number of aromatic nitrogens is 1. The van der Waals surface area contributed by atoms with Gasteiger partial charge in [-0.15, -0.1) is 0 Å². The lowest BCUT2D eigenvalue weighted by Gasteiger charge is -2.19. The molecule has 1 aliphatic heterocycles. The van der Waals surface area contributed by atoms with Gasteiger partial charge in [-0.3, -0.25) is 16.1 Å². The highest BCUT2D eigenvalue weighted by Gasteiger charge is 2.31. The van der Waals surface area contributed by atoms with E-state index in [1.165, 1.54) is 0 Å². The SMILES string of the molecule is NC1=NC(N)(c2cccnc2)NN1. The third-order valence-electron chi connectivity index (χ3n) is 1.78. The highest BCUT2D eigenvalue weighted by Crippen LogP contribution is 2.16. The molecule has 0 spiro atoms. The standard InChI is InChI=1S/C7H10N6/c8-6-11-7(9,13-12-6)5-2-1-3-10-4-5/h1-4,13H,9H2,(H3,8,11,12). The van der Waals surface area contributed by atoms with E-state index < -0.39 is 5.79 Å². The van der Waals surface area contributed by atoms with Gasteiger partial charge in [0.15, 0.2) is 0 Å². The summed E-state index contributed by atoms with van der Waals surface area (Å²) in [5, 5.41) is 0. The van der Waals surface area contributed by atoms with Gasteiger partial charge >= 0.3 is 0 Å². The number of hydrogen-bond donors (Lipinski definition) is 4. The summed E-state index contributed by atoms with van der Waals surface area (Å²) in [5.74, 6) is -0.732. The Bertz CT molecular complexity index is 334. The minimum Gasteiger partial charge on any atom is -0.369 e. The van der Waals surface area contributed by atoms with Crippen molar-refractivity contribution >= 4 is 5.96 Å². The van der Waals surface area contributed by atoms with Crippen molar-refractivity contribution in [2.24, 2.45) is 16.5 Å². The van der Waals surface area contributed by atoms with E-state index in [2.05, 4.69) is 20.8 Å². The number of nitrogens with two attached hydrogens (primary N) is 2. The molecule has 1 atom stereocenters. The highest BCUT2D eigenvalue weighted by atomic mass is 15.6. The Morgan fingerprint density at radius 2 is 2.31 bits per heavy atom. The summed E-state index contributed by atoms with van der Waals surface area (Å²) in [4.78, 5) is 7.94.